The first-order valence-electron chi connectivity index (χ1n) is 6.82. The number of nitrogens with one attached hydrogen (secondary N) is 1. The van der Waals surface area contributed by atoms with E-state index in [1.54, 1.807) is 18.4 Å². The molecule has 0 aliphatic heterocycles. The Bertz CT molecular complexity index is 468. The Labute approximate surface area is 124 Å². The highest BCUT2D eigenvalue weighted by Crippen LogP contribution is 2.14. The van der Waals surface area contributed by atoms with Gasteiger partial charge in [0.15, 0.2) is 0 Å². The summed E-state index contributed by atoms with van der Waals surface area (Å²) in [7, 11) is 1.71. The molecule has 0 saturated heterocycles. The van der Waals surface area contributed by atoms with Gasteiger partial charge in [-0.2, -0.15) is 0 Å². The van der Waals surface area contributed by atoms with Crippen LogP contribution in [0.1, 0.15) is 10.4 Å². The van der Waals surface area contributed by atoms with Gasteiger partial charge in [-0.15, -0.1) is 11.3 Å². The maximum atomic E-state index is 5.74. The first kappa shape index (κ1) is 15.0. The van der Waals surface area contributed by atoms with Crippen molar-refractivity contribution in [3.8, 4) is 5.75 Å². The smallest absolute Gasteiger partial charge is 0.119 e. The topological polar surface area (TPSA) is 30.5 Å². The zero-order valence-electron chi connectivity index (χ0n) is 11.8. The Morgan fingerprint density at radius 1 is 1.10 bits per heavy atom. The maximum Gasteiger partial charge on any atom is 0.119 e. The molecule has 108 valence electrons. The minimum atomic E-state index is 0.728. The van der Waals surface area contributed by atoms with E-state index in [0.29, 0.717) is 0 Å². The van der Waals surface area contributed by atoms with E-state index >= 15 is 0 Å². The minimum Gasteiger partial charge on any atom is -0.493 e. The standard InChI is InChI=1S/C16H21NO2S/c1-18-11-9-17-13-14-4-6-15(7-5-14)19-10-8-16-3-2-12-20-16/h2-7,12,17H,8-11,13H2,1H3. The summed E-state index contributed by atoms with van der Waals surface area (Å²) in [5, 5.41) is 5.42. The van der Waals surface area contributed by atoms with E-state index in [0.717, 1.165) is 38.5 Å². The zero-order valence-corrected chi connectivity index (χ0v) is 12.6. The molecule has 0 saturated carbocycles. The van der Waals surface area contributed by atoms with Crippen LogP contribution in [0.4, 0.5) is 0 Å². The Kier molecular flexibility index (Phi) is 6.57. The molecule has 3 nitrogen and oxygen atoms in total. The fourth-order valence-corrected chi connectivity index (χ4v) is 2.53. The quantitative estimate of drug-likeness (QED) is 0.720. The average molecular weight is 291 g/mol. The summed E-state index contributed by atoms with van der Waals surface area (Å²) in [5.41, 5.74) is 1.26. The predicted molar refractivity (Wildman–Crippen MR) is 83.5 cm³/mol. The second-order valence-electron chi connectivity index (χ2n) is 4.49. The molecule has 2 aromatic rings. The van der Waals surface area contributed by atoms with Crippen LogP contribution in [0.5, 0.6) is 5.75 Å². The van der Waals surface area contributed by atoms with Crippen LogP contribution in [0.25, 0.3) is 0 Å². The average Bonchev–Trinajstić information content (AvgIpc) is 2.98. The molecule has 0 aliphatic carbocycles. The molecule has 0 aliphatic rings. The second kappa shape index (κ2) is 8.74. The lowest BCUT2D eigenvalue weighted by molar-refractivity contribution is 0.199. The lowest BCUT2D eigenvalue weighted by Crippen LogP contribution is -2.18. The van der Waals surface area contributed by atoms with Crippen molar-refractivity contribution in [3.05, 3.63) is 52.2 Å². The van der Waals surface area contributed by atoms with Crippen LogP contribution in [0.3, 0.4) is 0 Å². The molecule has 2 rings (SSSR count). The van der Waals surface area contributed by atoms with Crippen LogP contribution in [0.15, 0.2) is 41.8 Å². The molecule has 0 radical (unpaired) electrons. The zero-order chi connectivity index (χ0) is 14.0. The third-order valence-corrected chi connectivity index (χ3v) is 3.87. The summed E-state index contributed by atoms with van der Waals surface area (Å²) in [6.45, 7) is 3.20. The molecular weight excluding hydrogens is 270 g/mol. The van der Waals surface area contributed by atoms with E-state index in [2.05, 4.69) is 35.0 Å². The molecular formula is C16H21NO2S. The normalized spacial score (nSPS) is 10.7. The monoisotopic (exact) mass is 291 g/mol. The fraction of sp³-hybridized carbons (Fsp3) is 0.375. The lowest BCUT2D eigenvalue weighted by atomic mass is 10.2. The molecule has 0 amide bonds. The van der Waals surface area contributed by atoms with E-state index in [1.807, 2.05) is 12.1 Å². The first-order valence-corrected chi connectivity index (χ1v) is 7.70. The summed E-state index contributed by atoms with van der Waals surface area (Å²) in [6, 6.07) is 12.5. The summed E-state index contributed by atoms with van der Waals surface area (Å²) >= 11 is 1.78. The highest BCUT2D eigenvalue weighted by molar-refractivity contribution is 7.09. The van der Waals surface area contributed by atoms with Crippen molar-refractivity contribution in [1.29, 1.82) is 0 Å². The van der Waals surface area contributed by atoms with E-state index in [-0.39, 0.29) is 0 Å². The van der Waals surface area contributed by atoms with Gasteiger partial charge in [-0.1, -0.05) is 18.2 Å². The molecule has 1 aromatic carbocycles. The van der Waals surface area contributed by atoms with E-state index in [9.17, 15) is 0 Å². The van der Waals surface area contributed by atoms with Crippen molar-refractivity contribution >= 4 is 11.3 Å². The summed E-state index contributed by atoms with van der Waals surface area (Å²) in [5.74, 6) is 0.933. The van der Waals surface area contributed by atoms with Crippen LogP contribution in [0.2, 0.25) is 0 Å². The Balaban J connectivity index is 1.68. The van der Waals surface area contributed by atoms with Gasteiger partial charge >= 0.3 is 0 Å². The molecule has 4 heteroatoms. The molecule has 1 heterocycles. The van der Waals surface area contributed by atoms with Gasteiger partial charge in [-0.25, -0.2) is 0 Å². The minimum absolute atomic E-state index is 0.728. The fourth-order valence-electron chi connectivity index (χ4n) is 1.83. The number of methoxy groups -OCH3 is 1. The molecule has 0 atom stereocenters. The lowest BCUT2D eigenvalue weighted by Gasteiger charge is -2.07. The SMILES string of the molecule is COCCNCc1ccc(OCCc2cccs2)cc1. The van der Waals surface area contributed by atoms with Gasteiger partial charge in [-0.3, -0.25) is 0 Å². The van der Waals surface area contributed by atoms with Crippen molar-refractivity contribution < 1.29 is 9.47 Å². The largest absolute Gasteiger partial charge is 0.493 e. The van der Waals surface area contributed by atoms with Gasteiger partial charge in [0.1, 0.15) is 5.75 Å². The van der Waals surface area contributed by atoms with Crippen LogP contribution in [-0.4, -0.2) is 26.9 Å². The molecule has 1 aromatic heterocycles. The van der Waals surface area contributed by atoms with Crippen LogP contribution in [0, 0.1) is 0 Å². The maximum absolute atomic E-state index is 5.74. The number of benzene rings is 1. The van der Waals surface area contributed by atoms with Crippen LogP contribution >= 0.6 is 11.3 Å². The van der Waals surface area contributed by atoms with Crippen molar-refractivity contribution in [2.24, 2.45) is 0 Å². The number of thiophene rings is 1. The Morgan fingerprint density at radius 2 is 1.95 bits per heavy atom. The van der Waals surface area contributed by atoms with Crippen LogP contribution in [-0.2, 0) is 17.7 Å². The molecule has 0 fully saturated rings. The van der Waals surface area contributed by atoms with Gasteiger partial charge in [0.25, 0.3) is 0 Å². The molecule has 0 spiro atoms. The predicted octanol–water partition coefficient (Wildman–Crippen LogP) is 3.11. The van der Waals surface area contributed by atoms with Gasteiger partial charge < -0.3 is 14.8 Å². The highest BCUT2D eigenvalue weighted by atomic mass is 32.1. The van der Waals surface area contributed by atoms with E-state index in [4.69, 9.17) is 9.47 Å². The van der Waals surface area contributed by atoms with E-state index in [1.165, 1.54) is 10.4 Å². The first-order chi connectivity index (χ1) is 9.88. The Morgan fingerprint density at radius 3 is 2.65 bits per heavy atom. The number of ether oxygens (including phenoxy) is 2. The number of rotatable bonds is 9. The summed E-state index contributed by atoms with van der Waals surface area (Å²) in [6.07, 6.45) is 0.970. The number of hydrogen-bond donors (Lipinski definition) is 1. The highest BCUT2D eigenvalue weighted by Gasteiger charge is 1.97. The molecule has 0 unspecified atom stereocenters. The second-order valence-corrected chi connectivity index (χ2v) is 5.52. The van der Waals surface area contributed by atoms with Crippen molar-refractivity contribution in [3.63, 3.8) is 0 Å². The summed E-state index contributed by atoms with van der Waals surface area (Å²) < 4.78 is 10.7. The van der Waals surface area contributed by atoms with Crippen molar-refractivity contribution in [2.75, 3.05) is 26.9 Å². The molecule has 0 bridgehead atoms. The van der Waals surface area contributed by atoms with E-state index < -0.39 is 0 Å². The van der Waals surface area contributed by atoms with Gasteiger partial charge in [0.2, 0.25) is 0 Å². The van der Waals surface area contributed by atoms with Gasteiger partial charge in [0, 0.05) is 31.5 Å². The van der Waals surface area contributed by atoms with Crippen LogP contribution < -0.4 is 10.1 Å². The van der Waals surface area contributed by atoms with Crippen molar-refractivity contribution in [2.45, 2.75) is 13.0 Å². The summed E-state index contributed by atoms with van der Waals surface area (Å²) in [4.78, 5) is 1.36. The van der Waals surface area contributed by atoms with Gasteiger partial charge in [0.05, 0.1) is 13.2 Å². The Hall–Kier alpha value is -1.36. The van der Waals surface area contributed by atoms with Crippen molar-refractivity contribution in [1.82, 2.24) is 5.32 Å². The molecule has 1 N–H and O–H groups in total. The number of hydrogen-bond acceptors (Lipinski definition) is 4. The molecule has 20 heavy (non-hydrogen) atoms. The third-order valence-electron chi connectivity index (χ3n) is 2.93. The van der Waals surface area contributed by atoms with Gasteiger partial charge in [-0.05, 0) is 29.1 Å². The third kappa shape index (κ3) is 5.33.